The molecule has 0 aromatic carbocycles. The van der Waals surface area contributed by atoms with Gasteiger partial charge in [-0.2, -0.15) is 36.5 Å². The van der Waals surface area contributed by atoms with Crippen molar-refractivity contribution >= 4 is 5.97 Å². The molecule has 0 fully saturated rings. The van der Waals surface area contributed by atoms with Gasteiger partial charge in [0.15, 0.2) is 0 Å². The van der Waals surface area contributed by atoms with Gasteiger partial charge in [0, 0.05) is 18.0 Å². The van der Waals surface area contributed by atoms with Crippen LogP contribution in [0.3, 0.4) is 0 Å². The van der Waals surface area contributed by atoms with Gasteiger partial charge in [0.2, 0.25) is 0 Å². The second kappa shape index (κ2) is 11.6. The van der Waals surface area contributed by atoms with Crippen LogP contribution in [0.1, 0.15) is 45.6 Å². The summed E-state index contributed by atoms with van der Waals surface area (Å²) in [6, 6.07) is 4.27. The van der Waals surface area contributed by atoms with Gasteiger partial charge in [-0.3, -0.25) is 0 Å². The number of aliphatic hydroxyl groups excluding tert-OH is 1. The maximum absolute atomic E-state index is 12.4. The van der Waals surface area contributed by atoms with Crippen molar-refractivity contribution < 1.29 is 41.0 Å². The summed E-state index contributed by atoms with van der Waals surface area (Å²) < 4.78 is 81.8. The van der Waals surface area contributed by atoms with Crippen LogP contribution in [-0.4, -0.2) is 47.2 Å². The standard InChI is InChI=1S/C13H12F3N3O2.C11H10F3N3O/c1-3-21-12(20)10-7-19(18-8(10)2)9-4-5-11(17-6-9)13(14,15)16;1-7-8(6-18)5-17(16-7)9-2-3-10(15-4-9)11(12,13)14/h4-7H,3H2,1-2H3;2-5,18H,6H2,1H3. The van der Waals surface area contributed by atoms with Gasteiger partial charge in [-0.25, -0.2) is 24.1 Å². The smallest absolute Gasteiger partial charge is 0.433 e. The zero-order chi connectivity index (χ0) is 29.0. The highest BCUT2D eigenvalue weighted by atomic mass is 19.4. The number of ether oxygens (including phenoxy) is 1. The van der Waals surface area contributed by atoms with Crippen molar-refractivity contribution in [3.8, 4) is 11.4 Å². The van der Waals surface area contributed by atoms with Crippen LogP contribution in [0.5, 0.6) is 0 Å². The molecule has 4 aromatic heterocycles. The number of aromatic nitrogens is 6. The Bertz CT molecular complexity index is 1410. The summed E-state index contributed by atoms with van der Waals surface area (Å²) in [5, 5.41) is 17.2. The highest BCUT2D eigenvalue weighted by Gasteiger charge is 2.33. The summed E-state index contributed by atoms with van der Waals surface area (Å²) >= 11 is 0. The number of pyridine rings is 2. The molecule has 0 aliphatic rings. The molecule has 1 N–H and O–H groups in total. The van der Waals surface area contributed by atoms with E-state index in [1.165, 1.54) is 27.7 Å². The number of nitrogens with zero attached hydrogens (tertiary/aromatic N) is 6. The van der Waals surface area contributed by atoms with Crippen LogP contribution in [0.15, 0.2) is 49.1 Å². The molecule has 4 rings (SSSR count). The number of hydrogen-bond acceptors (Lipinski definition) is 7. The van der Waals surface area contributed by atoms with E-state index in [0.717, 1.165) is 24.5 Å². The molecule has 0 spiro atoms. The third-order valence-electron chi connectivity index (χ3n) is 5.17. The average Bonchev–Trinajstić information content (AvgIpc) is 3.46. The Balaban J connectivity index is 0.000000218. The van der Waals surface area contributed by atoms with Crippen molar-refractivity contribution in [3.05, 3.63) is 83.0 Å². The first kappa shape index (κ1) is 29.3. The Morgan fingerprint density at radius 2 is 1.33 bits per heavy atom. The zero-order valence-corrected chi connectivity index (χ0v) is 20.7. The molecule has 0 saturated carbocycles. The number of aryl methyl sites for hydroxylation is 2. The molecule has 208 valence electrons. The van der Waals surface area contributed by atoms with E-state index in [1.807, 2.05) is 0 Å². The lowest BCUT2D eigenvalue weighted by atomic mass is 10.3. The lowest BCUT2D eigenvalue weighted by Crippen LogP contribution is -2.08. The molecule has 0 saturated heterocycles. The minimum Gasteiger partial charge on any atom is -0.462 e. The van der Waals surface area contributed by atoms with Crippen LogP contribution in [-0.2, 0) is 23.7 Å². The molecular formula is C24H22F6N6O3. The molecule has 0 radical (unpaired) electrons. The fourth-order valence-electron chi connectivity index (χ4n) is 3.16. The molecule has 4 heterocycles. The third kappa shape index (κ3) is 7.19. The van der Waals surface area contributed by atoms with Crippen LogP contribution < -0.4 is 0 Å². The Labute approximate surface area is 217 Å². The first-order chi connectivity index (χ1) is 18.2. The summed E-state index contributed by atoms with van der Waals surface area (Å²) in [4.78, 5) is 18.3. The van der Waals surface area contributed by atoms with E-state index in [0.29, 0.717) is 28.3 Å². The predicted molar refractivity (Wildman–Crippen MR) is 124 cm³/mol. The Kier molecular flexibility index (Phi) is 8.74. The lowest BCUT2D eigenvalue weighted by molar-refractivity contribution is -0.141. The first-order valence-electron chi connectivity index (χ1n) is 11.2. The van der Waals surface area contributed by atoms with Crippen LogP contribution in [0, 0.1) is 13.8 Å². The molecule has 4 aromatic rings. The van der Waals surface area contributed by atoms with Crippen molar-refractivity contribution in [1.29, 1.82) is 0 Å². The highest BCUT2D eigenvalue weighted by molar-refractivity contribution is 5.90. The van der Waals surface area contributed by atoms with E-state index >= 15 is 0 Å². The number of rotatable bonds is 5. The number of carbonyl (C=O) groups is 1. The average molecular weight is 556 g/mol. The molecule has 0 aliphatic heterocycles. The van der Waals surface area contributed by atoms with Gasteiger partial charge < -0.3 is 9.84 Å². The van der Waals surface area contributed by atoms with Gasteiger partial charge in [0.05, 0.1) is 48.4 Å². The first-order valence-corrected chi connectivity index (χ1v) is 11.2. The highest BCUT2D eigenvalue weighted by Crippen LogP contribution is 2.28. The minimum absolute atomic E-state index is 0.167. The largest absolute Gasteiger partial charge is 0.462 e. The Morgan fingerprint density at radius 1 is 0.846 bits per heavy atom. The summed E-state index contributed by atoms with van der Waals surface area (Å²) in [7, 11) is 0. The number of carbonyl (C=O) groups excluding carboxylic acids is 1. The Morgan fingerprint density at radius 3 is 1.72 bits per heavy atom. The maximum atomic E-state index is 12.4. The van der Waals surface area contributed by atoms with Crippen LogP contribution in [0.25, 0.3) is 11.4 Å². The molecular weight excluding hydrogens is 534 g/mol. The second-order valence-electron chi connectivity index (χ2n) is 7.93. The normalized spacial score (nSPS) is 11.6. The number of esters is 1. The molecule has 0 aliphatic carbocycles. The summed E-state index contributed by atoms with van der Waals surface area (Å²) in [5.41, 5.74) is 0.725. The number of aliphatic hydroxyl groups is 1. The van der Waals surface area contributed by atoms with Gasteiger partial charge in [0.1, 0.15) is 17.0 Å². The number of hydrogen-bond donors (Lipinski definition) is 1. The maximum Gasteiger partial charge on any atom is 0.433 e. The molecule has 0 unspecified atom stereocenters. The molecule has 0 amide bonds. The number of halogens is 6. The van der Waals surface area contributed by atoms with Gasteiger partial charge in [-0.05, 0) is 45.0 Å². The van der Waals surface area contributed by atoms with Crippen LogP contribution in [0.2, 0.25) is 0 Å². The minimum atomic E-state index is -4.49. The Hall–Kier alpha value is -4.27. The topological polar surface area (TPSA) is 108 Å². The quantitative estimate of drug-likeness (QED) is 0.276. The molecule has 9 nitrogen and oxygen atoms in total. The fourth-order valence-corrected chi connectivity index (χ4v) is 3.16. The molecule has 15 heteroatoms. The van der Waals surface area contributed by atoms with E-state index in [-0.39, 0.29) is 18.8 Å². The van der Waals surface area contributed by atoms with Gasteiger partial charge in [-0.1, -0.05) is 0 Å². The van der Waals surface area contributed by atoms with E-state index in [4.69, 9.17) is 9.84 Å². The van der Waals surface area contributed by atoms with Crippen molar-refractivity contribution in [3.63, 3.8) is 0 Å². The van der Waals surface area contributed by atoms with Crippen LogP contribution >= 0.6 is 0 Å². The monoisotopic (exact) mass is 556 g/mol. The fraction of sp³-hybridized carbons (Fsp3) is 0.292. The van der Waals surface area contributed by atoms with Crippen molar-refractivity contribution in [2.45, 2.75) is 39.7 Å². The van der Waals surface area contributed by atoms with Gasteiger partial charge in [0.25, 0.3) is 0 Å². The summed E-state index contributed by atoms with van der Waals surface area (Å²) in [6.07, 6.45) is -3.85. The predicted octanol–water partition coefficient (Wildman–Crippen LogP) is 4.86. The van der Waals surface area contributed by atoms with Crippen molar-refractivity contribution in [2.24, 2.45) is 0 Å². The van der Waals surface area contributed by atoms with E-state index in [1.54, 1.807) is 27.0 Å². The third-order valence-corrected chi connectivity index (χ3v) is 5.17. The molecule has 39 heavy (non-hydrogen) atoms. The van der Waals surface area contributed by atoms with E-state index in [9.17, 15) is 31.1 Å². The van der Waals surface area contributed by atoms with E-state index in [2.05, 4.69) is 20.2 Å². The van der Waals surface area contributed by atoms with Gasteiger partial charge >= 0.3 is 18.3 Å². The van der Waals surface area contributed by atoms with Crippen molar-refractivity contribution in [1.82, 2.24) is 29.5 Å². The van der Waals surface area contributed by atoms with Gasteiger partial charge in [-0.15, -0.1) is 0 Å². The summed E-state index contributed by atoms with van der Waals surface area (Å²) in [5.74, 6) is -0.527. The van der Waals surface area contributed by atoms with Crippen molar-refractivity contribution in [2.75, 3.05) is 6.61 Å². The molecule has 0 bridgehead atoms. The zero-order valence-electron chi connectivity index (χ0n) is 20.7. The number of alkyl halides is 6. The summed E-state index contributed by atoms with van der Waals surface area (Å²) in [6.45, 7) is 5.06. The second-order valence-corrected chi connectivity index (χ2v) is 7.93. The van der Waals surface area contributed by atoms with E-state index < -0.39 is 29.7 Å². The lowest BCUT2D eigenvalue weighted by Gasteiger charge is -2.06. The van der Waals surface area contributed by atoms with Crippen LogP contribution in [0.4, 0.5) is 26.3 Å². The molecule has 0 atom stereocenters. The SMILES string of the molecule is CCOC(=O)c1cn(-c2ccc(C(F)(F)F)nc2)nc1C.Cc1nn(-c2ccc(C(F)(F)F)nc2)cc1CO.